The Morgan fingerprint density at radius 1 is 1.14 bits per heavy atom. The zero-order valence-electron chi connectivity index (χ0n) is 16.5. The largest absolute Gasteiger partial charge is 0.360 e. The van der Waals surface area contributed by atoms with E-state index in [-0.39, 0.29) is 11.7 Å². The van der Waals surface area contributed by atoms with E-state index < -0.39 is 5.91 Å². The fourth-order valence-electron chi connectivity index (χ4n) is 3.51. The summed E-state index contributed by atoms with van der Waals surface area (Å²) in [6.45, 7) is 4.48. The number of hydrogen-bond acceptors (Lipinski definition) is 5. The minimum Gasteiger partial charge on any atom is -0.360 e. The van der Waals surface area contributed by atoms with Gasteiger partial charge in [-0.1, -0.05) is 24.2 Å². The fraction of sp³-hybridized carbons (Fsp3) is 0.333. The van der Waals surface area contributed by atoms with E-state index in [1.165, 1.54) is 5.56 Å². The highest BCUT2D eigenvalue weighted by Gasteiger charge is 2.28. The molecule has 8 heteroatoms. The molecule has 2 aromatic heterocycles. The van der Waals surface area contributed by atoms with E-state index in [1.807, 2.05) is 28.8 Å². The van der Waals surface area contributed by atoms with Crippen LogP contribution in [0.3, 0.4) is 0 Å². The van der Waals surface area contributed by atoms with Crippen LogP contribution >= 0.6 is 0 Å². The van der Waals surface area contributed by atoms with E-state index in [1.54, 1.807) is 13.0 Å². The van der Waals surface area contributed by atoms with E-state index in [9.17, 15) is 9.59 Å². The van der Waals surface area contributed by atoms with Crippen LogP contribution in [0.2, 0.25) is 0 Å². The van der Waals surface area contributed by atoms with Gasteiger partial charge in [0.25, 0.3) is 11.8 Å². The number of nitrogens with zero attached hydrogens (tertiary/aromatic N) is 3. The molecule has 0 fully saturated rings. The molecule has 2 amide bonds. The SMILES string of the molecule is CCc1ccc(NC(=O)c2nc(C(=O)Nc3cc(C)on3)n3c2CCCC3)cc1. The predicted molar refractivity (Wildman–Crippen MR) is 108 cm³/mol. The number of amides is 2. The van der Waals surface area contributed by atoms with Crippen LogP contribution in [-0.4, -0.2) is 26.5 Å². The quantitative estimate of drug-likeness (QED) is 0.690. The van der Waals surface area contributed by atoms with Crippen LogP contribution in [0.25, 0.3) is 0 Å². The Kier molecular flexibility index (Phi) is 5.16. The number of rotatable bonds is 5. The Morgan fingerprint density at radius 3 is 2.62 bits per heavy atom. The van der Waals surface area contributed by atoms with Gasteiger partial charge in [-0.2, -0.15) is 0 Å². The molecule has 1 aromatic carbocycles. The number of benzene rings is 1. The van der Waals surface area contributed by atoms with Gasteiger partial charge in [0.2, 0.25) is 0 Å². The summed E-state index contributed by atoms with van der Waals surface area (Å²) in [7, 11) is 0. The summed E-state index contributed by atoms with van der Waals surface area (Å²) in [4.78, 5) is 30.0. The number of aryl methyl sites for hydroxylation is 2. The lowest BCUT2D eigenvalue weighted by molar-refractivity contribution is 0.101. The molecule has 1 aliphatic rings. The molecule has 0 radical (unpaired) electrons. The number of aromatic nitrogens is 3. The average molecular weight is 393 g/mol. The summed E-state index contributed by atoms with van der Waals surface area (Å²) in [5, 5.41) is 9.36. The van der Waals surface area contributed by atoms with Gasteiger partial charge < -0.3 is 19.7 Å². The molecule has 4 rings (SSSR count). The summed E-state index contributed by atoms with van der Waals surface area (Å²) < 4.78 is 6.82. The first-order valence-corrected chi connectivity index (χ1v) is 9.79. The van der Waals surface area contributed by atoms with Crippen molar-refractivity contribution < 1.29 is 14.1 Å². The molecule has 150 valence electrons. The highest BCUT2D eigenvalue weighted by molar-refractivity contribution is 6.06. The molecule has 0 unspecified atom stereocenters. The van der Waals surface area contributed by atoms with E-state index in [0.29, 0.717) is 35.9 Å². The highest BCUT2D eigenvalue weighted by atomic mass is 16.5. The van der Waals surface area contributed by atoms with Crippen molar-refractivity contribution in [1.82, 2.24) is 14.7 Å². The topological polar surface area (TPSA) is 102 Å². The Labute approximate surface area is 168 Å². The summed E-state index contributed by atoms with van der Waals surface area (Å²) in [6.07, 6.45) is 3.54. The molecule has 0 saturated carbocycles. The third kappa shape index (κ3) is 3.91. The molecule has 2 N–H and O–H groups in total. The zero-order chi connectivity index (χ0) is 20.4. The number of fused-ring (bicyclic) bond motifs is 1. The van der Waals surface area contributed by atoms with Gasteiger partial charge in [-0.3, -0.25) is 9.59 Å². The third-order valence-corrected chi connectivity index (χ3v) is 5.03. The number of carbonyl (C=O) groups excluding carboxylic acids is 2. The van der Waals surface area contributed by atoms with E-state index in [0.717, 1.165) is 25.0 Å². The fourth-order valence-corrected chi connectivity index (χ4v) is 3.51. The smallest absolute Gasteiger partial charge is 0.292 e. The summed E-state index contributed by atoms with van der Waals surface area (Å²) in [5.74, 6) is 0.415. The van der Waals surface area contributed by atoms with E-state index in [2.05, 4.69) is 27.7 Å². The second-order valence-electron chi connectivity index (χ2n) is 7.12. The van der Waals surface area contributed by atoms with Crippen molar-refractivity contribution in [2.24, 2.45) is 0 Å². The molecular weight excluding hydrogens is 370 g/mol. The van der Waals surface area contributed by atoms with Gasteiger partial charge in [0.05, 0.1) is 5.69 Å². The number of hydrogen-bond donors (Lipinski definition) is 2. The van der Waals surface area contributed by atoms with Crippen LogP contribution in [0.4, 0.5) is 11.5 Å². The summed E-state index contributed by atoms with van der Waals surface area (Å²) in [5.41, 5.74) is 2.99. The van der Waals surface area contributed by atoms with Gasteiger partial charge in [-0.25, -0.2) is 4.98 Å². The van der Waals surface area contributed by atoms with Crippen molar-refractivity contribution in [3.8, 4) is 0 Å². The molecule has 0 spiro atoms. The maximum atomic E-state index is 12.9. The number of nitrogens with one attached hydrogen (secondary N) is 2. The van der Waals surface area contributed by atoms with Gasteiger partial charge in [0.15, 0.2) is 17.3 Å². The Morgan fingerprint density at radius 2 is 1.93 bits per heavy atom. The van der Waals surface area contributed by atoms with Crippen molar-refractivity contribution >= 4 is 23.3 Å². The van der Waals surface area contributed by atoms with Gasteiger partial charge in [0, 0.05) is 18.3 Å². The first kappa shape index (κ1) is 18.9. The maximum absolute atomic E-state index is 12.9. The Bertz CT molecular complexity index is 1050. The van der Waals surface area contributed by atoms with Crippen molar-refractivity contribution in [2.45, 2.75) is 46.1 Å². The minimum atomic E-state index is -0.409. The standard InChI is InChI=1S/C21H23N5O3/c1-3-14-7-9-15(10-8-14)22-20(27)18-16-6-4-5-11-26(16)19(24-18)21(28)23-17-12-13(2)29-25-17/h7-10,12H,3-6,11H2,1-2H3,(H,22,27)(H,23,25,28). The van der Waals surface area contributed by atoms with E-state index in [4.69, 9.17) is 4.52 Å². The van der Waals surface area contributed by atoms with Gasteiger partial charge in [-0.05, 0) is 50.3 Å². The van der Waals surface area contributed by atoms with Crippen LogP contribution in [0.1, 0.15) is 57.9 Å². The molecule has 0 saturated heterocycles. The zero-order valence-corrected chi connectivity index (χ0v) is 16.5. The lowest BCUT2D eigenvalue weighted by atomic mass is 10.1. The van der Waals surface area contributed by atoms with Crippen molar-refractivity contribution in [3.05, 3.63) is 58.9 Å². The highest BCUT2D eigenvalue weighted by Crippen LogP contribution is 2.23. The molecular formula is C21H23N5O3. The first-order valence-electron chi connectivity index (χ1n) is 9.79. The van der Waals surface area contributed by atoms with Crippen molar-refractivity contribution in [3.63, 3.8) is 0 Å². The minimum absolute atomic E-state index is 0.215. The Balaban J connectivity index is 1.59. The summed E-state index contributed by atoms with van der Waals surface area (Å²) in [6, 6.07) is 9.35. The number of anilines is 2. The monoisotopic (exact) mass is 393 g/mol. The Hall–Kier alpha value is -3.42. The van der Waals surface area contributed by atoms with Crippen molar-refractivity contribution in [2.75, 3.05) is 10.6 Å². The van der Waals surface area contributed by atoms with Crippen LogP contribution in [0.15, 0.2) is 34.9 Å². The lowest BCUT2D eigenvalue weighted by Gasteiger charge is -2.16. The molecule has 0 atom stereocenters. The van der Waals surface area contributed by atoms with Crippen LogP contribution in [0, 0.1) is 6.92 Å². The number of imidazole rings is 1. The number of carbonyl (C=O) groups is 2. The maximum Gasteiger partial charge on any atom is 0.292 e. The third-order valence-electron chi connectivity index (χ3n) is 5.03. The molecule has 8 nitrogen and oxygen atoms in total. The van der Waals surface area contributed by atoms with E-state index >= 15 is 0 Å². The molecule has 0 bridgehead atoms. The van der Waals surface area contributed by atoms with Crippen LogP contribution in [0.5, 0.6) is 0 Å². The first-order chi connectivity index (χ1) is 14.0. The second-order valence-corrected chi connectivity index (χ2v) is 7.12. The van der Waals surface area contributed by atoms with Gasteiger partial charge in [-0.15, -0.1) is 0 Å². The van der Waals surface area contributed by atoms with Crippen molar-refractivity contribution in [1.29, 1.82) is 0 Å². The van der Waals surface area contributed by atoms with Gasteiger partial charge >= 0.3 is 0 Å². The second kappa shape index (κ2) is 7.90. The summed E-state index contributed by atoms with van der Waals surface area (Å²) >= 11 is 0. The van der Waals surface area contributed by atoms with Crippen LogP contribution < -0.4 is 10.6 Å². The molecule has 29 heavy (non-hydrogen) atoms. The molecule has 1 aliphatic heterocycles. The average Bonchev–Trinajstić information content (AvgIpc) is 3.32. The molecule has 3 aromatic rings. The molecule has 3 heterocycles. The lowest BCUT2D eigenvalue weighted by Crippen LogP contribution is -2.21. The van der Waals surface area contributed by atoms with Gasteiger partial charge in [0.1, 0.15) is 5.76 Å². The predicted octanol–water partition coefficient (Wildman–Crippen LogP) is 3.58. The normalized spacial score (nSPS) is 13.0. The molecule has 0 aliphatic carbocycles. The van der Waals surface area contributed by atoms with Crippen LogP contribution in [-0.2, 0) is 19.4 Å².